The molecule has 4 aromatic heterocycles. The van der Waals surface area contributed by atoms with E-state index in [1.165, 1.54) is 11.8 Å². The molecule has 8 nitrogen and oxygen atoms in total. The predicted octanol–water partition coefficient (Wildman–Crippen LogP) is 4.55. The molecule has 0 aromatic carbocycles. The maximum atomic E-state index is 13.2. The van der Waals surface area contributed by atoms with Gasteiger partial charge in [-0.3, -0.25) is 9.36 Å². The first-order valence-corrected chi connectivity index (χ1v) is 12.1. The SMILES string of the molecule is Cc1cc(C(=O)CSc2nnc(N3CCCC3)n2Cc2ccco2)c(C)n1Cc1ccco1. The molecule has 0 spiro atoms. The Hall–Kier alpha value is -3.20. The quantitative estimate of drug-likeness (QED) is 0.265. The van der Waals surface area contributed by atoms with E-state index in [9.17, 15) is 4.79 Å². The van der Waals surface area contributed by atoms with Crippen LogP contribution in [0.4, 0.5) is 5.95 Å². The summed E-state index contributed by atoms with van der Waals surface area (Å²) in [6.07, 6.45) is 5.65. The summed E-state index contributed by atoms with van der Waals surface area (Å²) in [5.74, 6) is 2.92. The minimum absolute atomic E-state index is 0.0778. The van der Waals surface area contributed by atoms with Crippen molar-refractivity contribution in [1.29, 1.82) is 0 Å². The fourth-order valence-electron chi connectivity index (χ4n) is 4.33. The van der Waals surface area contributed by atoms with E-state index < -0.39 is 0 Å². The molecule has 0 bridgehead atoms. The molecule has 1 aliphatic heterocycles. The lowest BCUT2D eigenvalue weighted by atomic mass is 10.2. The minimum Gasteiger partial charge on any atom is -0.467 e. The maximum absolute atomic E-state index is 13.2. The van der Waals surface area contributed by atoms with Gasteiger partial charge in [0.2, 0.25) is 5.95 Å². The highest BCUT2D eigenvalue weighted by atomic mass is 32.2. The molecule has 1 saturated heterocycles. The average molecular weight is 466 g/mol. The lowest BCUT2D eigenvalue weighted by Gasteiger charge is -2.17. The third-order valence-corrected chi connectivity index (χ3v) is 7.05. The molecule has 0 saturated carbocycles. The summed E-state index contributed by atoms with van der Waals surface area (Å²) in [5, 5.41) is 9.61. The van der Waals surface area contributed by atoms with E-state index in [0.717, 1.165) is 65.5 Å². The lowest BCUT2D eigenvalue weighted by molar-refractivity contribution is 0.102. The van der Waals surface area contributed by atoms with Crippen molar-refractivity contribution in [1.82, 2.24) is 19.3 Å². The molecule has 0 amide bonds. The normalized spacial score (nSPS) is 13.8. The average Bonchev–Trinajstić information content (AvgIpc) is 3.63. The minimum atomic E-state index is 0.0778. The zero-order valence-electron chi connectivity index (χ0n) is 18.9. The van der Waals surface area contributed by atoms with Crippen molar-refractivity contribution in [3.05, 3.63) is 71.3 Å². The summed E-state index contributed by atoms with van der Waals surface area (Å²) in [4.78, 5) is 15.4. The molecule has 0 unspecified atom stereocenters. The van der Waals surface area contributed by atoms with Crippen molar-refractivity contribution >= 4 is 23.5 Å². The van der Waals surface area contributed by atoms with E-state index in [2.05, 4.69) is 24.2 Å². The lowest BCUT2D eigenvalue weighted by Crippen LogP contribution is -2.22. The van der Waals surface area contributed by atoms with E-state index >= 15 is 0 Å². The van der Waals surface area contributed by atoms with E-state index in [4.69, 9.17) is 8.83 Å². The molecule has 5 heterocycles. The Labute approximate surface area is 196 Å². The van der Waals surface area contributed by atoms with Crippen LogP contribution in [-0.2, 0) is 13.1 Å². The topological polar surface area (TPSA) is 82.2 Å². The van der Waals surface area contributed by atoms with Crippen molar-refractivity contribution in [2.24, 2.45) is 0 Å². The van der Waals surface area contributed by atoms with Crippen LogP contribution in [0, 0.1) is 13.8 Å². The Balaban J connectivity index is 1.33. The van der Waals surface area contributed by atoms with Gasteiger partial charge in [-0.05, 0) is 57.0 Å². The third kappa shape index (κ3) is 4.50. The zero-order valence-corrected chi connectivity index (χ0v) is 19.7. The van der Waals surface area contributed by atoms with Gasteiger partial charge < -0.3 is 18.3 Å². The predicted molar refractivity (Wildman–Crippen MR) is 126 cm³/mol. The molecule has 5 rings (SSSR count). The number of nitrogens with zero attached hydrogens (tertiary/aromatic N) is 5. The smallest absolute Gasteiger partial charge is 0.228 e. The van der Waals surface area contributed by atoms with Crippen LogP contribution in [0.2, 0.25) is 0 Å². The number of anilines is 1. The Morgan fingerprint density at radius 2 is 1.67 bits per heavy atom. The Morgan fingerprint density at radius 1 is 1.00 bits per heavy atom. The number of ketones is 1. The van der Waals surface area contributed by atoms with Gasteiger partial charge >= 0.3 is 0 Å². The number of carbonyl (C=O) groups excluding carboxylic acids is 1. The van der Waals surface area contributed by atoms with Crippen LogP contribution in [0.15, 0.2) is 56.8 Å². The molecule has 9 heteroatoms. The Bertz CT molecular complexity index is 1220. The summed E-state index contributed by atoms with van der Waals surface area (Å²) in [7, 11) is 0. The van der Waals surface area contributed by atoms with Gasteiger partial charge in [-0.15, -0.1) is 10.2 Å². The molecule has 33 heavy (non-hydrogen) atoms. The van der Waals surface area contributed by atoms with Crippen molar-refractivity contribution in [3.8, 4) is 0 Å². The van der Waals surface area contributed by atoms with E-state index in [-0.39, 0.29) is 5.78 Å². The highest BCUT2D eigenvalue weighted by molar-refractivity contribution is 7.99. The molecule has 4 aromatic rings. The van der Waals surface area contributed by atoms with E-state index in [0.29, 0.717) is 18.8 Å². The number of carbonyl (C=O) groups is 1. The fraction of sp³-hybridized carbons (Fsp3) is 0.375. The number of hydrogen-bond acceptors (Lipinski definition) is 7. The number of thioether (sulfide) groups is 1. The first-order chi connectivity index (χ1) is 16.1. The highest BCUT2D eigenvalue weighted by Crippen LogP contribution is 2.27. The number of aryl methyl sites for hydroxylation is 1. The highest BCUT2D eigenvalue weighted by Gasteiger charge is 2.23. The van der Waals surface area contributed by atoms with Gasteiger partial charge in [0.05, 0.1) is 31.4 Å². The third-order valence-electron chi connectivity index (χ3n) is 6.08. The number of hydrogen-bond donors (Lipinski definition) is 0. The van der Waals surface area contributed by atoms with Crippen molar-refractivity contribution in [2.75, 3.05) is 23.7 Å². The first-order valence-electron chi connectivity index (χ1n) is 11.2. The van der Waals surface area contributed by atoms with Crippen LogP contribution in [0.25, 0.3) is 0 Å². The van der Waals surface area contributed by atoms with Gasteiger partial charge in [0, 0.05) is 30.0 Å². The molecule has 0 radical (unpaired) electrons. The summed E-state index contributed by atoms with van der Waals surface area (Å²) < 4.78 is 15.2. The van der Waals surface area contributed by atoms with Gasteiger partial charge in [0.25, 0.3) is 0 Å². The van der Waals surface area contributed by atoms with Gasteiger partial charge in [-0.25, -0.2) is 0 Å². The molecule has 172 valence electrons. The second-order valence-corrected chi connectivity index (χ2v) is 9.25. The van der Waals surface area contributed by atoms with Gasteiger partial charge in [0.1, 0.15) is 11.5 Å². The Kier molecular flexibility index (Phi) is 6.13. The molecule has 0 aliphatic carbocycles. The molecule has 0 N–H and O–H groups in total. The second kappa shape index (κ2) is 9.35. The van der Waals surface area contributed by atoms with Crippen LogP contribution in [0.1, 0.15) is 46.1 Å². The van der Waals surface area contributed by atoms with Gasteiger partial charge in [-0.1, -0.05) is 11.8 Å². The number of rotatable bonds is 9. The summed E-state index contributed by atoms with van der Waals surface area (Å²) in [6, 6.07) is 9.61. The second-order valence-electron chi connectivity index (χ2n) is 8.30. The van der Waals surface area contributed by atoms with Crippen LogP contribution in [-0.4, -0.2) is 44.0 Å². The number of furan rings is 2. The summed E-state index contributed by atoms with van der Waals surface area (Å²) in [5.41, 5.74) is 2.72. The monoisotopic (exact) mass is 465 g/mol. The number of Topliss-reactive ketones (excluding diaryl/α,β-unsaturated/α-hetero) is 1. The van der Waals surface area contributed by atoms with Crippen molar-refractivity contribution < 1.29 is 13.6 Å². The van der Waals surface area contributed by atoms with Gasteiger partial charge in [0.15, 0.2) is 10.9 Å². The largest absolute Gasteiger partial charge is 0.467 e. The first kappa shape index (κ1) is 21.6. The van der Waals surface area contributed by atoms with Gasteiger partial charge in [-0.2, -0.15) is 0 Å². The summed E-state index contributed by atoms with van der Waals surface area (Å²) in [6.45, 7) is 7.10. The fourth-order valence-corrected chi connectivity index (χ4v) is 5.14. The summed E-state index contributed by atoms with van der Waals surface area (Å²) >= 11 is 1.42. The van der Waals surface area contributed by atoms with Crippen LogP contribution in [0.5, 0.6) is 0 Å². The molecular weight excluding hydrogens is 438 g/mol. The van der Waals surface area contributed by atoms with E-state index in [1.807, 2.05) is 44.2 Å². The van der Waals surface area contributed by atoms with Crippen LogP contribution < -0.4 is 4.90 Å². The molecular formula is C24H27N5O3S. The molecule has 0 atom stereocenters. The Morgan fingerprint density at radius 3 is 2.30 bits per heavy atom. The number of aromatic nitrogens is 4. The van der Waals surface area contributed by atoms with E-state index in [1.54, 1.807) is 12.5 Å². The molecule has 1 aliphatic rings. The zero-order chi connectivity index (χ0) is 22.8. The van der Waals surface area contributed by atoms with Crippen LogP contribution >= 0.6 is 11.8 Å². The standard InChI is InChI=1S/C24H27N5O3S/c1-17-13-21(18(2)28(17)14-19-7-5-11-31-19)22(30)16-33-24-26-25-23(27-9-3-4-10-27)29(24)15-20-8-6-12-32-20/h5-8,11-13H,3-4,9-10,14-16H2,1-2H3. The van der Waals surface area contributed by atoms with Crippen molar-refractivity contribution in [2.45, 2.75) is 44.9 Å². The van der Waals surface area contributed by atoms with Crippen LogP contribution in [0.3, 0.4) is 0 Å². The van der Waals surface area contributed by atoms with Crippen molar-refractivity contribution in [3.63, 3.8) is 0 Å². The molecule has 1 fully saturated rings. The maximum Gasteiger partial charge on any atom is 0.228 e.